The van der Waals surface area contributed by atoms with E-state index in [4.69, 9.17) is 5.26 Å². The molecule has 1 saturated carbocycles. The average Bonchev–Trinajstić information content (AvgIpc) is 2.43. The van der Waals surface area contributed by atoms with Gasteiger partial charge in [-0.1, -0.05) is 0 Å². The van der Waals surface area contributed by atoms with Crippen molar-refractivity contribution >= 4 is 11.9 Å². The molecule has 0 bridgehead atoms. The van der Waals surface area contributed by atoms with Crippen LogP contribution in [0.3, 0.4) is 0 Å². The van der Waals surface area contributed by atoms with E-state index in [9.17, 15) is 9.59 Å². The molecule has 0 radical (unpaired) electrons. The lowest BCUT2D eigenvalue weighted by Gasteiger charge is -2.26. The zero-order valence-electron chi connectivity index (χ0n) is 7.64. The Morgan fingerprint density at radius 1 is 1.29 bits per heavy atom. The van der Waals surface area contributed by atoms with Crippen molar-refractivity contribution in [2.75, 3.05) is 6.61 Å². The first-order valence-corrected chi connectivity index (χ1v) is 4.74. The van der Waals surface area contributed by atoms with Crippen LogP contribution in [0.4, 0.5) is 0 Å². The van der Waals surface area contributed by atoms with Crippen molar-refractivity contribution in [3.8, 4) is 0 Å². The number of hydrogen-bond donors (Lipinski definition) is 1. The molecule has 3 atom stereocenters. The van der Waals surface area contributed by atoms with Crippen LogP contribution in [0.2, 0.25) is 0 Å². The van der Waals surface area contributed by atoms with Crippen LogP contribution < -0.4 is 0 Å². The largest absolute Gasteiger partial charge is 0.393 e. The van der Waals surface area contributed by atoms with Crippen molar-refractivity contribution in [1.29, 1.82) is 0 Å². The van der Waals surface area contributed by atoms with Gasteiger partial charge in [0.2, 0.25) is 0 Å². The van der Waals surface area contributed by atoms with E-state index in [1.54, 1.807) is 0 Å². The number of ether oxygens (including phenoxy) is 1. The second-order valence-electron chi connectivity index (χ2n) is 3.93. The molecular weight excluding hydrogens is 188 g/mol. The molecule has 0 aromatic heterocycles. The van der Waals surface area contributed by atoms with E-state index in [1.165, 1.54) is 0 Å². The summed E-state index contributed by atoms with van der Waals surface area (Å²) in [5, 5.41) is 8.29. The molecule has 2 aliphatic rings. The van der Waals surface area contributed by atoms with Gasteiger partial charge in [0, 0.05) is 0 Å². The molecule has 2 fully saturated rings. The smallest absolute Gasteiger partial charge is 0.317 e. The van der Waals surface area contributed by atoms with Gasteiger partial charge in [0.05, 0.1) is 18.4 Å². The van der Waals surface area contributed by atoms with Gasteiger partial charge < -0.3 is 4.74 Å². The van der Waals surface area contributed by atoms with Crippen LogP contribution in [-0.2, 0) is 19.2 Å². The predicted octanol–water partition coefficient (Wildman–Crippen LogP) is 0.592. The number of hydrogen-bond acceptors (Lipinski definition) is 5. The Balaban J connectivity index is 2.02. The van der Waals surface area contributed by atoms with Crippen LogP contribution >= 0.6 is 0 Å². The Morgan fingerprint density at radius 2 is 2.00 bits per heavy atom. The highest BCUT2D eigenvalue weighted by Gasteiger charge is 2.47. The summed E-state index contributed by atoms with van der Waals surface area (Å²) in [5.74, 6) is -1.21. The summed E-state index contributed by atoms with van der Waals surface area (Å²) < 4.78 is 4.55. The van der Waals surface area contributed by atoms with E-state index >= 15 is 0 Å². The summed E-state index contributed by atoms with van der Waals surface area (Å²) in [4.78, 5) is 26.4. The standard InChI is InChI=1S/C9H12O5/c10-8-6-2-1-5(4-13-12)3-7(6)9(11)14-8/h5-7,12H,1-4H2. The van der Waals surface area contributed by atoms with Crippen LogP contribution in [0.25, 0.3) is 0 Å². The summed E-state index contributed by atoms with van der Waals surface area (Å²) in [6.45, 7) is 0.227. The molecule has 1 saturated heterocycles. The third-order valence-corrected chi connectivity index (χ3v) is 3.08. The molecule has 1 N–H and O–H groups in total. The fraction of sp³-hybridized carbons (Fsp3) is 0.778. The lowest BCUT2D eigenvalue weighted by molar-refractivity contribution is -0.253. The van der Waals surface area contributed by atoms with Gasteiger partial charge in [0.15, 0.2) is 0 Å². The molecule has 14 heavy (non-hydrogen) atoms. The second kappa shape index (κ2) is 3.67. The minimum atomic E-state index is -0.414. The molecule has 3 unspecified atom stereocenters. The van der Waals surface area contributed by atoms with E-state index in [2.05, 4.69) is 9.62 Å². The van der Waals surface area contributed by atoms with E-state index in [-0.39, 0.29) is 30.3 Å². The molecule has 0 aromatic carbocycles. The van der Waals surface area contributed by atoms with E-state index in [0.717, 1.165) is 6.42 Å². The van der Waals surface area contributed by atoms with Gasteiger partial charge in [-0.3, -0.25) is 14.8 Å². The maximum absolute atomic E-state index is 11.2. The van der Waals surface area contributed by atoms with Crippen molar-refractivity contribution in [2.24, 2.45) is 17.8 Å². The van der Waals surface area contributed by atoms with E-state index < -0.39 is 5.97 Å². The molecule has 78 valence electrons. The Kier molecular flexibility index (Phi) is 2.52. The van der Waals surface area contributed by atoms with Crippen LogP contribution in [0, 0.1) is 17.8 Å². The van der Waals surface area contributed by atoms with Crippen LogP contribution in [-0.4, -0.2) is 23.8 Å². The maximum Gasteiger partial charge on any atom is 0.317 e. The van der Waals surface area contributed by atoms with Gasteiger partial charge in [-0.25, -0.2) is 4.89 Å². The number of esters is 2. The van der Waals surface area contributed by atoms with Crippen molar-refractivity contribution in [1.82, 2.24) is 0 Å². The van der Waals surface area contributed by atoms with E-state index in [1.807, 2.05) is 0 Å². The highest BCUT2D eigenvalue weighted by Crippen LogP contribution is 2.39. The SMILES string of the molecule is O=C1OC(=O)C2CC(COO)CCC12. The van der Waals surface area contributed by atoms with Crippen LogP contribution in [0.15, 0.2) is 0 Å². The van der Waals surface area contributed by atoms with Crippen molar-refractivity contribution in [3.63, 3.8) is 0 Å². The van der Waals surface area contributed by atoms with Gasteiger partial charge in [-0.2, -0.15) is 0 Å². The van der Waals surface area contributed by atoms with Crippen molar-refractivity contribution < 1.29 is 24.5 Å². The Labute approximate surface area is 80.9 Å². The minimum absolute atomic E-state index is 0.152. The third-order valence-electron chi connectivity index (χ3n) is 3.08. The number of cyclic esters (lactones) is 2. The predicted molar refractivity (Wildman–Crippen MR) is 44.0 cm³/mol. The second-order valence-corrected chi connectivity index (χ2v) is 3.93. The summed E-state index contributed by atoms with van der Waals surface area (Å²) in [6, 6.07) is 0. The number of carbonyl (C=O) groups excluding carboxylic acids is 2. The number of rotatable bonds is 2. The summed E-state index contributed by atoms with van der Waals surface area (Å²) in [7, 11) is 0. The fourth-order valence-electron chi connectivity index (χ4n) is 2.31. The normalized spacial score (nSPS) is 36.8. The van der Waals surface area contributed by atoms with Crippen molar-refractivity contribution in [3.05, 3.63) is 0 Å². The molecule has 0 aromatic rings. The molecule has 0 spiro atoms. The maximum atomic E-state index is 11.2. The monoisotopic (exact) mass is 200 g/mol. The van der Waals surface area contributed by atoms with Gasteiger partial charge in [0.25, 0.3) is 0 Å². The number of carbonyl (C=O) groups is 2. The molecule has 2 rings (SSSR count). The first-order chi connectivity index (χ1) is 6.72. The zero-order chi connectivity index (χ0) is 10.1. The first-order valence-electron chi connectivity index (χ1n) is 4.74. The first kappa shape index (κ1) is 9.61. The van der Waals surface area contributed by atoms with Gasteiger partial charge in [0.1, 0.15) is 0 Å². The molecule has 1 aliphatic carbocycles. The topological polar surface area (TPSA) is 72.8 Å². The Bertz CT molecular complexity index is 262. The lowest BCUT2D eigenvalue weighted by atomic mass is 9.75. The average molecular weight is 200 g/mol. The van der Waals surface area contributed by atoms with Gasteiger partial charge in [-0.05, 0) is 25.2 Å². The van der Waals surface area contributed by atoms with Crippen LogP contribution in [0.1, 0.15) is 19.3 Å². The van der Waals surface area contributed by atoms with Crippen molar-refractivity contribution in [2.45, 2.75) is 19.3 Å². The zero-order valence-corrected chi connectivity index (χ0v) is 7.64. The van der Waals surface area contributed by atoms with Gasteiger partial charge in [-0.15, -0.1) is 0 Å². The quantitative estimate of drug-likeness (QED) is 0.305. The summed E-state index contributed by atoms with van der Waals surface area (Å²) in [5.41, 5.74) is 0. The molecule has 1 heterocycles. The highest BCUT2D eigenvalue weighted by molar-refractivity contribution is 5.96. The Hall–Kier alpha value is -0.940. The van der Waals surface area contributed by atoms with E-state index in [0.29, 0.717) is 12.8 Å². The number of fused-ring (bicyclic) bond motifs is 1. The summed E-state index contributed by atoms with van der Waals surface area (Å²) in [6.07, 6.45) is 2.03. The summed E-state index contributed by atoms with van der Waals surface area (Å²) >= 11 is 0. The fourth-order valence-corrected chi connectivity index (χ4v) is 2.31. The molecule has 5 nitrogen and oxygen atoms in total. The van der Waals surface area contributed by atoms with Gasteiger partial charge >= 0.3 is 11.9 Å². The highest BCUT2D eigenvalue weighted by atomic mass is 17.1. The molecule has 0 amide bonds. The minimum Gasteiger partial charge on any atom is -0.393 e. The lowest BCUT2D eigenvalue weighted by Crippen LogP contribution is -2.28. The van der Waals surface area contributed by atoms with Crippen LogP contribution in [0.5, 0.6) is 0 Å². The third kappa shape index (κ3) is 1.53. The Morgan fingerprint density at radius 3 is 2.71 bits per heavy atom. The molecule has 1 aliphatic heterocycles. The molecule has 5 heteroatoms. The molecular formula is C9H12O5.